The zero-order chi connectivity index (χ0) is 29.4. The third kappa shape index (κ3) is 4.84. The Hall–Kier alpha value is -5.58. The van der Waals surface area contributed by atoms with E-state index >= 15 is 0 Å². The fourth-order valence-electron chi connectivity index (χ4n) is 4.99. The van der Waals surface area contributed by atoms with Crippen LogP contribution in [0.25, 0.3) is 11.4 Å². The number of methoxy groups -OCH3 is 1. The van der Waals surface area contributed by atoms with Crippen molar-refractivity contribution in [3.05, 3.63) is 133 Å². The molecule has 2 heterocycles. The van der Waals surface area contributed by atoms with Crippen molar-refractivity contribution in [3.8, 4) is 17.1 Å². The van der Waals surface area contributed by atoms with Crippen molar-refractivity contribution in [2.75, 3.05) is 7.11 Å². The molecular weight excluding hydrogens is 528 g/mol. The van der Waals surface area contributed by atoms with Crippen LogP contribution < -0.4 is 15.9 Å². The van der Waals surface area contributed by atoms with E-state index in [1.807, 2.05) is 0 Å². The molecule has 0 atom stereocenters. The topological polar surface area (TPSA) is 159 Å². The summed E-state index contributed by atoms with van der Waals surface area (Å²) in [7, 11) is 1.53. The first-order valence-electron chi connectivity index (χ1n) is 12.5. The molecule has 208 valence electrons. The van der Waals surface area contributed by atoms with Crippen LogP contribution in [0.3, 0.4) is 0 Å². The highest BCUT2D eigenvalue weighted by molar-refractivity contribution is 5.88. The Bertz CT molecular complexity index is 1790. The molecule has 4 N–H and O–H groups in total. The smallest absolute Gasteiger partial charge is 0.335 e. The molecule has 3 aromatic carbocycles. The molecule has 0 amide bonds. The number of aromatic carboxylic acids is 2. The molecule has 11 heteroatoms. The second kappa shape index (κ2) is 10.5. The minimum Gasteiger partial charge on any atom is -0.497 e. The van der Waals surface area contributed by atoms with Crippen molar-refractivity contribution in [1.29, 1.82) is 0 Å². The number of carboxylic acid groups (broad SMARTS) is 2. The Morgan fingerprint density at radius 3 is 1.56 bits per heavy atom. The average Bonchev–Trinajstić information content (AvgIpc) is 3.43. The summed E-state index contributed by atoms with van der Waals surface area (Å²) in [4.78, 5) is 51.0. The van der Waals surface area contributed by atoms with E-state index in [9.17, 15) is 29.4 Å². The third-order valence-electron chi connectivity index (χ3n) is 6.96. The van der Waals surface area contributed by atoms with Crippen LogP contribution in [-0.4, -0.2) is 48.8 Å². The summed E-state index contributed by atoms with van der Waals surface area (Å²) in [6.45, 7) is 3.42. The predicted octanol–water partition coefficient (Wildman–Crippen LogP) is 3.85. The molecule has 0 fully saturated rings. The van der Waals surface area contributed by atoms with Crippen molar-refractivity contribution in [2.45, 2.75) is 19.8 Å². The van der Waals surface area contributed by atoms with Gasteiger partial charge in [-0.3, -0.25) is 19.8 Å². The molecule has 0 bridgehead atoms. The summed E-state index contributed by atoms with van der Waals surface area (Å²) < 4.78 is 7.81. The molecule has 5 rings (SSSR count). The van der Waals surface area contributed by atoms with Gasteiger partial charge in [0.1, 0.15) is 5.75 Å². The maximum atomic E-state index is 14.0. The van der Waals surface area contributed by atoms with Crippen molar-refractivity contribution in [1.82, 2.24) is 19.6 Å². The Labute approximate surface area is 232 Å². The van der Waals surface area contributed by atoms with Crippen molar-refractivity contribution in [2.24, 2.45) is 0 Å². The summed E-state index contributed by atoms with van der Waals surface area (Å²) in [6, 6.07) is 18.9. The van der Waals surface area contributed by atoms with E-state index in [4.69, 9.17) is 4.74 Å². The largest absolute Gasteiger partial charge is 0.497 e. The fourth-order valence-corrected chi connectivity index (χ4v) is 4.99. The number of aromatic amines is 2. The molecule has 0 saturated heterocycles. The molecule has 11 nitrogen and oxygen atoms in total. The Morgan fingerprint density at radius 2 is 1.17 bits per heavy atom. The fraction of sp³-hybridized carbons (Fsp3) is 0.133. The number of carbonyl (C=O) groups is 2. The molecule has 41 heavy (non-hydrogen) atoms. The van der Waals surface area contributed by atoms with Crippen LogP contribution in [0.4, 0.5) is 0 Å². The standard InChI is InChI=1S/C30H26N4O7/c1-16-24(27(35)33(31-16)21-8-4-6-19(14-21)29(37)38)26(18-10-12-23(41-3)13-11-18)25-17(2)32-34(28(25)36)22-9-5-7-20(15-22)30(39)40/h4-15,26,31-32H,1-3H3,(H,37,38)(H,39,40). The van der Waals surface area contributed by atoms with Gasteiger partial charge in [0.15, 0.2) is 0 Å². The van der Waals surface area contributed by atoms with E-state index in [1.165, 1.54) is 40.7 Å². The van der Waals surface area contributed by atoms with Gasteiger partial charge in [-0.05, 0) is 67.9 Å². The van der Waals surface area contributed by atoms with E-state index in [0.717, 1.165) is 0 Å². The Balaban J connectivity index is 1.74. The van der Waals surface area contributed by atoms with E-state index in [-0.39, 0.29) is 11.1 Å². The molecular formula is C30H26N4O7. The van der Waals surface area contributed by atoms with Crippen LogP contribution in [0.5, 0.6) is 5.75 Å². The molecule has 0 unspecified atom stereocenters. The number of nitrogens with one attached hydrogen (secondary N) is 2. The van der Waals surface area contributed by atoms with Crippen LogP contribution in [0.15, 0.2) is 82.4 Å². The normalized spacial score (nSPS) is 11.1. The summed E-state index contributed by atoms with van der Waals surface area (Å²) in [5, 5.41) is 25.0. The minimum absolute atomic E-state index is 0.0165. The number of aryl methyl sites for hydroxylation is 2. The molecule has 0 aliphatic carbocycles. The van der Waals surface area contributed by atoms with E-state index < -0.39 is 29.0 Å². The second-order valence-electron chi connectivity index (χ2n) is 9.50. The molecule has 5 aromatic rings. The zero-order valence-corrected chi connectivity index (χ0v) is 22.3. The van der Waals surface area contributed by atoms with Crippen LogP contribution in [0, 0.1) is 13.8 Å². The molecule has 0 aliphatic rings. The first-order valence-corrected chi connectivity index (χ1v) is 12.5. The van der Waals surface area contributed by atoms with Crippen molar-refractivity contribution >= 4 is 11.9 Å². The number of ether oxygens (including phenoxy) is 1. The highest BCUT2D eigenvalue weighted by Gasteiger charge is 2.31. The van der Waals surface area contributed by atoms with Crippen LogP contribution in [0.1, 0.15) is 54.7 Å². The van der Waals surface area contributed by atoms with Crippen LogP contribution >= 0.6 is 0 Å². The summed E-state index contributed by atoms with van der Waals surface area (Å²) in [6.07, 6.45) is 0. The first kappa shape index (κ1) is 27.0. The van der Waals surface area contributed by atoms with Crippen LogP contribution in [0.2, 0.25) is 0 Å². The quantitative estimate of drug-likeness (QED) is 0.227. The number of benzene rings is 3. The van der Waals surface area contributed by atoms with Gasteiger partial charge in [0.25, 0.3) is 11.1 Å². The van der Waals surface area contributed by atoms with Gasteiger partial charge >= 0.3 is 11.9 Å². The van der Waals surface area contributed by atoms with Gasteiger partial charge in [0.2, 0.25) is 0 Å². The Morgan fingerprint density at radius 1 is 0.732 bits per heavy atom. The lowest BCUT2D eigenvalue weighted by Gasteiger charge is -2.16. The van der Waals surface area contributed by atoms with E-state index in [2.05, 4.69) is 10.2 Å². The zero-order valence-electron chi connectivity index (χ0n) is 22.3. The number of rotatable bonds is 8. The summed E-state index contributed by atoms with van der Waals surface area (Å²) in [5.41, 5.74) is 1.97. The number of H-pyrrole nitrogens is 2. The van der Waals surface area contributed by atoms with Crippen LogP contribution in [-0.2, 0) is 0 Å². The second-order valence-corrected chi connectivity index (χ2v) is 9.50. The molecule has 0 saturated carbocycles. The lowest BCUT2D eigenvalue weighted by Crippen LogP contribution is -2.25. The SMILES string of the molecule is COc1ccc(C(c2c(C)[nH]n(-c3cccc(C(=O)O)c3)c2=O)c2c(C)[nH]n(-c3cccc(C(=O)O)c3)c2=O)cc1. The van der Waals surface area contributed by atoms with Gasteiger partial charge < -0.3 is 14.9 Å². The summed E-state index contributed by atoms with van der Waals surface area (Å²) >= 11 is 0. The molecule has 0 spiro atoms. The third-order valence-corrected chi connectivity index (χ3v) is 6.96. The van der Waals surface area contributed by atoms with E-state index in [1.54, 1.807) is 62.4 Å². The van der Waals surface area contributed by atoms with Gasteiger partial charge in [0.05, 0.1) is 40.7 Å². The number of hydrogen-bond donors (Lipinski definition) is 4. The number of aromatic nitrogens is 4. The number of nitrogens with zero attached hydrogens (tertiary/aromatic N) is 2. The maximum Gasteiger partial charge on any atom is 0.335 e. The number of carboxylic acids is 2. The monoisotopic (exact) mass is 554 g/mol. The molecule has 0 radical (unpaired) electrons. The lowest BCUT2D eigenvalue weighted by molar-refractivity contribution is 0.0686. The van der Waals surface area contributed by atoms with Gasteiger partial charge in [-0.1, -0.05) is 24.3 Å². The van der Waals surface area contributed by atoms with E-state index in [0.29, 0.717) is 45.2 Å². The average molecular weight is 555 g/mol. The lowest BCUT2D eigenvalue weighted by atomic mass is 9.85. The predicted molar refractivity (Wildman–Crippen MR) is 150 cm³/mol. The molecule has 2 aromatic heterocycles. The Kier molecular flexibility index (Phi) is 6.94. The summed E-state index contributed by atoms with van der Waals surface area (Å²) in [5.74, 6) is -2.50. The maximum absolute atomic E-state index is 14.0. The van der Waals surface area contributed by atoms with Gasteiger partial charge in [-0.15, -0.1) is 0 Å². The number of hydrogen-bond acceptors (Lipinski definition) is 5. The van der Waals surface area contributed by atoms with Gasteiger partial charge in [-0.2, -0.15) is 0 Å². The molecule has 0 aliphatic heterocycles. The van der Waals surface area contributed by atoms with Crippen molar-refractivity contribution < 1.29 is 24.5 Å². The van der Waals surface area contributed by atoms with Gasteiger partial charge in [-0.25, -0.2) is 19.0 Å². The van der Waals surface area contributed by atoms with Crippen molar-refractivity contribution in [3.63, 3.8) is 0 Å². The minimum atomic E-state index is -1.13. The first-order chi connectivity index (χ1) is 19.6. The highest BCUT2D eigenvalue weighted by Crippen LogP contribution is 2.33. The van der Waals surface area contributed by atoms with Gasteiger partial charge in [0, 0.05) is 17.3 Å². The highest BCUT2D eigenvalue weighted by atomic mass is 16.5.